The van der Waals surface area contributed by atoms with Gasteiger partial charge in [-0.1, -0.05) is 55.2 Å². The fourth-order valence-corrected chi connectivity index (χ4v) is 5.00. The Kier molecular flexibility index (Phi) is 7.57. The van der Waals surface area contributed by atoms with Crippen LogP contribution in [0.2, 0.25) is 10.0 Å². The van der Waals surface area contributed by atoms with Crippen LogP contribution in [-0.4, -0.2) is 21.4 Å². The third-order valence-electron chi connectivity index (χ3n) is 5.07. The summed E-state index contributed by atoms with van der Waals surface area (Å²) in [5, 5.41) is 3.24. The number of hydrogen-bond acceptors (Lipinski definition) is 4. The quantitative estimate of drug-likeness (QED) is 0.383. The molecule has 0 aromatic heterocycles. The van der Waals surface area contributed by atoms with Crippen LogP contribution in [0, 0.1) is 6.92 Å². The average Bonchev–Trinajstić information content (AvgIpc) is 2.74. The molecule has 0 heterocycles. The number of aryl methyl sites for hydroxylation is 1. The maximum absolute atomic E-state index is 13.2. The number of methoxy groups -OCH3 is 1. The molecule has 9 heteroatoms. The van der Waals surface area contributed by atoms with E-state index in [-0.39, 0.29) is 27.1 Å². The molecule has 3 aromatic carbocycles. The summed E-state index contributed by atoms with van der Waals surface area (Å²) >= 11 is 12.0. The number of sulfonamides is 1. The monoisotopic (exact) mass is 506 g/mol. The molecule has 0 saturated heterocycles. The lowest BCUT2D eigenvalue weighted by Gasteiger charge is -2.18. The number of amides is 1. The van der Waals surface area contributed by atoms with Crippen LogP contribution in [0.1, 0.15) is 41.3 Å². The molecule has 0 spiro atoms. The third kappa shape index (κ3) is 5.61. The van der Waals surface area contributed by atoms with Gasteiger partial charge in [-0.25, -0.2) is 8.42 Å². The molecular formula is C24H24Cl2N2O4S. The first-order valence-electron chi connectivity index (χ1n) is 10.1. The van der Waals surface area contributed by atoms with Crippen LogP contribution < -0.4 is 14.8 Å². The molecule has 0 aliphatic rings. The van der Waals surface area contributed by atoms with Gasteiger partial charge < -0.3 is 10.1 Å². The Morgan fingerprint density at radius 1 is 1.03 bits per heavy atom. The van der Waals surface area contributed by atoms with Gasteiger partial charge in [-0.05, 0) is 60.4 Å². The number of carbonyl (C=O) groups excluding carboxylic acids is 1. The molecule has 0 unspecified atom stereocenters. The zero-order chi connectivity index (χ0) is 24.3. The first-order valence-corrected chi connectivity index (χ1v) is 12.3. The molecular weight excluding hydrogens is 483 g/mol. The first-order chi connectivity index (χ1) is 15.5. The lowest BCUT2D eigenvalue weighted by molar-refractivity contribution is 0.102. The molecule has 0 aliphatic heterocycles. The molecule has 0 saturated carbocycles. The second kappa shape index (κ2) is 10.0. The predicted octanol–water partition coefficient (Wildman–Crippen LogP) is 6.49. The number of carbonyl (C=O) groups is 1. The number of hydrogen-bond donors (Lipinski definition) is 2. The van der Waals surface area contributed by atoms with Gasteiger partial charge in [0.05, 0.1) is 34.0 Å². The molecule has 33 heavy (non-hydrogen) atoms. The van der Waals surface area contributed by atoms with Gasteiger partial charge in [0.2, 0.25) is 0 Å². The van der Waals surface area contributed by atoms with Crippen molar-refractivity contribution in [2.24, 2.45) is 0 Å². The van der Waals surface area contributed by atoms with Crippen LogP contribution in [0.15, 0.2) is 59.5 Å². The summed E-state index contributed by atoms with van der Waals surface area (Å²) in [7, 11) is -2.53. The summed E-state index contributed by atoms with van der Waals surface area (Å²) in [5.74, 6) is -0.109. The highest BCUT2D eigenvalue weighted by Crippen LogP contribution is 2.33. The SMILES string of the molecule is COc1ccc(S(=O)(=O)Nc2c(C)cccc2C(C)C)cc1NC(=O)c1ccc(Cl)cc1Cl. The molecule has 6 nitrogen and oxygen atoms in total. The Balaban J connectivity index is 1.97. The zero-order valence-electron chi connectivity index (χ0n) is 18.6. The molecule has 0 aliphatic carbocycles. The van der Waals surface area contributed by atoms with E-state index in [1.807, 2.05) is 39.0 Å². The zero-order valence-corrected chi connectivity index (χ0v) is 20.9. The van der Waals surface area contributed by atoms with E-state index < -0.39 is 15.9 Å². The van der Waals surface area contributed by atoms with Crippen LogP contribution in [0.5, 0.6) is 5.75 Å². The van der Waals surface area contributed by atoms with Crippen molar-refractivity contribution in [2.45, 2.75) is 31.6 Å². The second-order valence-corrected chi connectivity index (χ2v) is 10.3. The van der Waals surface area contributed by atoms with E-state index in [4.69, 9.17) is 27.9 Å². The minimum atomic E-state index is -3.95. The van der Waals surface area contributed by atoms with Crippen molar-refractivity contribution in [1.82, 2.24) is 0 Å². The van der Waals surface area contributed by atoms with Crippen molar-refractivity contribution in [3.8, 4) is 5.75 Å². The fourth-order valence-electron chi connectivity index (χ4n) is 3.32. The number of nitrogens with one attached hydrogen (secondary N) is 2. The van der Waals surface area contributed by atoms with E-state index in [1.54, 1.807) is 6.07 Å². The summed E-state index contributed by atoms with van der Waals surface area (Å²) in [4.78, 5) is 12.7. The lowest BCUT2D eigenvalue weighted by Crippen LogP contribution is -2.17. The van der Waals surface area contributed by atoms with Crippen LogP contribution >= 0.6 is 23.2 Å². The van der Waals surface area contributed by atoms with Gasteiger partial charge in [0.15, 0.2) is 0 Å². The van der Waals surface area contributed by atoms with Crippen LogP contribution in [0.3, 0.4) is 0 Å². The molecule has 174 valence electrons. The summed E-state index contributed by atoms with van der Waals surface area (Å²) in [6.07, 6.45) is 0. The van der Waals surface area contributed by atoms with Gasteiger partial charge in [-0.3, -0.25) is 9.52 Å². The van der Waals surface area contributed by atoms with Crippen molar-refractivity contribution in [3.05, 3.63) is 81.3 Å². The Labute approximate surface area is 203 Å². The van der Waals surface area contributed by atoms with E-state index in [0.717, 1.165) is 11.1 Å². The Hall–Kier alpha value is -2.74. The molecule has 0 radical (unpaired) electrons. The first kappa shape index (κ1) is 24.9. The van der Waals surface area contributed by atoms with Crippen molar-refractivity contribution in [1.29, 1.82) is 0 Å². The molecule has 0 fully saturated rings. The van der Waals surface area contributed by atoms with Gasteiger partial charge in [0, 0.05) is 5.02 Å². The maximum Gasteiger partial charge on any atom is 0.261 e. The molecule has 0 bridgehead atoms. The Bertz CT molecular complexity index is 1310. The van der Waals surface area contributed by atoms with E-state index in [2.05, 4.69) is 10.0 Å². The van der Waals surface area contributed by atoms with Gasteiger partial charge >= 0.3 is 0 Å². The topological polar surface area (TPSA) is 84.5 Å². The lowest BCUT2D eigenvalue weighted by atomic mass is 9.99. The number of anilines is 2. The summed E-state index contributed by atoms with van der Waals surface area (Å²) in [6.45, 7) is 5.84. The van der Waals surface area contributed by atoms with Crippen LogP contribution in [0.4, 0.5) is 11.4 Å². The second-order valence-electron chi connectivity index (χ2n) is 7.74. The highest BCUT2D eigenvalue weighted by Gasteiger charge is 2.21. The standard InChI is InChI=1S/C24H24Cl2N2O4S/c1-14(2)18-7-5-6-15(3)23(18)28-33(30,31)17-9-11-22(32-4)21(13-17)27-24(29)19-10-8-16(25)12-20(19)26/h5-14,28H,1-4H3,(H,27,29). The summed E-state index contributed by atoms with van der Waals surface area (Å²) in [6, 6.07) is 14.4. The number of halogens is 2. The Morgan fingerprint density at radius 3 is 2.39 bits per heavy atom. The number of benzene rings is 3. The minimum Gasteiger partial charge on any atom is -0.495 e. The molecule has 0 atom stereocenters. The molecule has 3 rings (SSSR count). The fraction of sp³-hybridized carbons (Fsp3) is 0.208. The highest BCUT2D eigenvalue weighted by atomic mass is 35.5. The highest BCUT2D eigenvalue weighted by molar-refractivity contribution is 7.92. The number of rotatable bonds is 7. The van der Waals surface area contributed by atoms with E-state index >= 15 is 0 Å². The van der Waals surface area contributed by atoms with Gasteiger partial charge in [-0.15, -0.1) is 0 Å². The average molecular weight is 507 g/mol. The van der Waals surface area contributed by atoms with Crippen molar-refractivity contribution < 1.29 is 17.9 Å². The van der Waals surface area contributed by atoms with Gasteiger partial charge in [0.1, 0.15) is 5.75 Å². The van der Waals surface area contributed by atoms with Crippen molar-refractivity contribution in [3.63, 3.8) is 0 Å². The van der Waals surface area contributed by atoms with Crippen molar-refractivity contribution >= 4 is 50.5 Å². The van der Waals surface area contributed by atoms with Crippen molar-refractivity contribution in [2.75, 3.05) is 17.1 Å². The molecule has 3 aromatic rings. The molecule has 2 N–H and O–H groups in total. The van der Waals surface area contributed by atoms with Gasteiger partial charge in [-0.2, -0.15) is 0 Å². The van der Waals surface area contributed by atoms with Crippen LogP contribution in [0.25, 0.3) is 0 Å². The minimum absolute atomic E-state index is 0.0289. The largest absolute Gasteiger partial charge is 0.495 e. The molecule has 1 amide bonds. The summed E-state index contributed by atoms with van der Waals surface area (Å²) in [5.41, 5.74) is 2.62. The van der Waals surface area contributed by atoms with Gasteiger partial charge in [0.25, 0.3) is 15.9 Å². The summed E-state index contributed by atoms with van der Waals surface area (Å²) < 4.78 is 34.5. The van der Waals surface area contributed by atoms with Crippen LogP contribution in [-0.2, 0) is 10.0 Å². The number of para-hydroxylation sites is 1. The van der Waals surface area contributed by atoms with E-state index in [9.17, 15) is 13.2 Å². The maximum atomic E-state index is 13.2. The third-order valence-corrected chi connectivity index (χ3v) is 6.96. The predicted molar refractivity (Wildman–Crippen MR) is 133 cm³/mol. The van der Waals surface area contributed by atoms with E-state index in [1.165, 1.54) is 37.4 Å². The smallest absolute Gasteiger partial charge is 0.261 e. The van der Waals surface area contributed by atoms with E-state index in [0.29, 0.717) is 16.5 Å². The normalized spacial score (nSPS) is 11.4. The Morgan fingerprint density at radius 2 is 1.76 bits per heavy atom. The number of ether oxygens (including phenoxy) is 1.